The SMILES string of the molecule is NC(=O)C1CNCCN1c1nc2ccc(F)cn2n1. The average Bonchev–Trinajstić information content (AvgIpc) is 2.81. The van der Waals surface area contributed by atoms with Crippen LogP contribution in [0.5, 0.6) is 0 Å². The molecule has 0 aliphatic carbocycles. The molecule has 1 atom stereocenters. The van der Waals surface area contributed by atoms with Gasteiger partial charge in [0.25, 0.3) is 0 Å². The Morgan fingerprint density at radius 2 is 2.37 bits per heavy atom. The van der Waals surface area contributed by atoms with Crippen molar-refractivity contribution in [3.05, 3.63) is 24.1 Å². The second-order valence-corrected chi connectivity index (χ2v) is 4.38. The van der Waals surface area contributed by atoms with Gasteiger partial charge in [0, 0.05) is 19.6 Å². The van der Waals surface area contributed by atoms with Crippen LogP contribution in [-0.2, 0) is 4.79 Å². The minimum Gasteiger partial charge on any atom is -0.368 e. The van der Waals surface area contributed by atoms with Crippen molar-refractivity contribution in [1.29, 1.82) is 0 Å². The van der Waals surface area contributed by atoms with Gasteiger partial charge in [-0.2, -0.15) is 4.98 Å². The lowest BCUT2D eigenvalue weighted by Crippen LogP contribution is -2.57. The third-order valence-corrected chi connectivity index (χ3v) is 3.11. The van der Waals surface area contributed by atoms with Gasteiger partial charge >= 0.3 is 0 Å². The maximum Gasteiger partial charge on any atom is 0.246 e. The number of carbonyl (C=O) groups excluding carboxylic acids is 1. The van der Waals surface area contributed by atoms with Crippen LogP contribution in [-0.4, -0.2) is 46.2 Å². The molecule has 0 radical (unpaired) electrons. The number of rotatable bonds is 2. The Kier molecular flexibility index (Phi) is 2.79. The van der Waals surface area contributed by atoms with Crippen molar-refractivity contribution in [3.63, 3.8) is 0 Å². The van der Waals surface area contributed by atoms with Crippen LogP contribution in [0.1, 0.15) is 0 Å². The highest BCUT2D eigenvalue weighted by Gasteiger charge is 2.29. The Bertz CT molecular complexity index is 627. The smallest absolute Gasteiger partial charge is 0.246 e. The van der Waals surface area contributed by atoms with Crippen LogP contribution < -0.4 is 16.0 Å². The molecule has 3 N–H and O–H groups in total. The molecule has 8 heteroatoms. The molecule has 0 aromatic carbocycles. The van der Waals surface area contributed by atoms with Gasteiger partial charge in [-0.05, 0) is 12.1 Å². The molecular formula is C11H13FN6O. The molecule has 1 aliphatic heterocycles. The lowest BCUT2D eigenvalue weighted by Gasteiger charge is -2.33. The molecule has 1 fully saturated rings. The quantitative estimate of drug-likeness (QED) is 0.736. The van der Waals surface area contributed by atoms with Crippen LogP contribution in [0.4, 0.5) is 10.3 Å². The predicted molar refractivity (Wildman–Crippen MR) is 66.1 cm³/mol. The van der Waals surface area contributed by atoms with Crippen LogP contribution in [0.15, 0.2) is 18.3 Å². The van der Waals surface area contributed by atoms with Gasteiger partial charge in [0.1, 0.15) is 11.9 Å². The van der Waals surface area contributed by atoms with Gasteiger partial charge in [0.05, 0.1) is 6.20 Å². The van der Waals surface area contributed by atoms with Gasteiger partial charge < -0.3 is 16.0 Å². The standard InChI is InChI=1S/C11H13FN6O/c12-7-1-2-9-15-11(16-18(9)6-7)17-4-3-14-5-8(17)10(13)19/h1-2,6,8,14H,3-5H2,(H2,13,19). The first-order valence-electron chi connectivity index (χ1n) is 5.94. The Hall–Kier alpha value is -2.22. The van der Waals surface area contributed by atoms with E-state index in [0.717, 1.165) is 0 Å². The van der Waals surface area contributed by atoms with Crippen molar-refractivity contribution in [2.45, 2.75) is 6.04 Å². The second-order valence-electron chi connectivity index (χ2n) is 4.38. The summed E-state index contributed by atoms with van der Waals surface area (Å²) in [7, 11) is 0. The van der Waals surface area contributed by atoms with E-state index < -0.39 is 17.8 Å². The van der Waals surface area contributed by atoms with Gasteiger partial charge in [-0.25, -0.2) is 8.91 Å². The number of amides is 1. The first-order chi connectivity index (χ1) is 9.15. The summed E-state index contributed by atoms with van der Waals surface area (Å²) in [6, 6.07) is 2.36. The third-order valence-electron chi connectivity index (χ3n) is 3.11. The number of carbonyl (C=O) groups is 1. The number of hydrogen-bond acceptors (Lipinski definition) is 5. The summed E-state index contributed by atoms with van der Waals surface area (Å²) in [4.78, 5) is 17.5. The summed E-state index contributed by atoms with van der Waals surface area (Å²) in [6.45, 7) is 1.75. The molecule has 0 spiro atoms. The summed E-state index contributed by atoms with van der Waals surface area (Å²) < 4.78 is 14.5. The monoisotopic (exact) mass is 264 g/mol. The van der Waals surface area contributed by atoms with Gasteiger partial charge in [0.2, 0.25) is 11.9 Å². The van der Waals surface area contributed by atoms with E-state index in [2.05, 4.69) is 15.4 Å². The van der Waals surface area contributed by atoms with Crippen molar-refractivity contribution in [3.8, 4) is 0 Å². The van der Waals surface area contributed by atoms with Crippen molar-refractivity contribution >= 4 is 17.5 Å². The van der Waals surface area contributed by atoms with Crippen molar-refractivity contribution in [2.75, 3.05) is 24.5 Å². The van der Waals surface area contributed by atoms with Gasteiger partial charge in [-0.3, -0.25) is 4.79 Å². The molecule has 0 bridgehead atoms. The topological polar surface area (TPSA) is 88.5 Å². The lowest BCUT2D eigenvalue weighted by molar-refractivity contribution is -0.119. The van der Waals surface area contributed by atoms with E-state index in [-0.39, 0.29) is 0 Å². The number of piperazine rings is 1. The van der Waals surface area contributed by atoms with Crippen molar-refractivity contribution < 1.29 is 9.18 Å². The van der Waals surface area contributed by atoms with Crippen LogP contribution in [0.2, 0.25) is 0 Å². The fraction of sp³-hybridized carbons (Fsp3) is 0.364. The third kappa shape index (κ3) is 2.10. The minimum atomic E-state index is -0.490. The number of anilines is 1. The molecule has 0 saturated carbocycles. The zero-order valence-electron chi connectivity index (χ0n) is 10.1. The van der Waals surface area contributed by atoms with Crippen LogP contribution in [0, 0.1) is 5.82 Å². The normalized spacial score (nSPS) is 19.8. The molecule has 7 nitrogen and oxygen atoms in total. The molecule has 19 heavy (non-hydrogen) atoms. The molecule has 3 rings (SSSR count). The Morgan fingerprint density at radius 3 is 3.16 bits per heavy atom. The minimum absolute atomic E-state index is 0.385. The summed E-state index contributed by atoms with van der Waals surface area (Å²) in [5.74, 6) is -0.441. The van der Waals surface area contributed by atoms with E-state index in [0.29, 0.717) is 31.2 Å². The first kappa shape index (κ1) is 11.8. The van der Waals surface area contributed by atoms with Crippen molar-refractivity contribution in [1.82, 2.24) is 19.9 Å². The Balaban J connectivity index is 1.99. The highest BCUT2D eigenvalue weighted by Crippen LogP contribution is 2.15. The number of hydrogen-bond donors (Lipinski definition) is 2. The predicted octanol–water partition coefficient (Wildman–Crippen LogP) is -0.868. The maximum atomic E-state index is 13.1. The molecule has 1 unspecified atom stereocenters. The zero-order valence-corrected chi connectivity index (χ0v) is 10.1. The number of nitrogens with two attached hydrogens (primary N) is 1. The average molecular weight is 264 g/mol. The highest BCUT2D eigenvalue weighted by atomic mass is 19.1. The number of nitrogens with one attached hydrogen (secondary N) is 1. The number of nitrogens with zero attached hydrogens (tertiary/aromatic N) is 4. The molecular weight excluding hydrogens is 251 g/mol. The number of aromatic nitrogens is 3. The largest absolute Gasteiger partial charge is 0.368 e. The fourth-order valence-electron chi connectivity index (χ4n) is 2.17. The van der Waals surface area contributed by atoms with Gasteiger partial charge in [0.15, 0.2) is 5.65 Å². The summed E-state index contributed by atoms with van der Waals surface area (Å²) in [5, 5.41) is 7.28. The summed E-state index contributed by atoms with van der Waals surface area (Å²) >= 11 is 0. The molecule has 2 aromatic heterocycles. The van der Waals surface area contributed by atoms with Crippen LogP contribution >= 0.6 is 0 Å². The fourth-order valence-corrected chi connectivity index (χ4v) is 2.17. The van der Waals surface area contributed by atoms with E-state index in [1.165, 1.54) is 22.8 Å². The number of halogens is 1. The molecule has 2 aromatic rings. The van der Waals surface area contributed by atoms with Gasteiger partial charge in [-0.1, -0.05) is 0 Å². The van der Waals surface area contributed by atoms with E-state index in [1.807, 2.05) is 0 Å². The Morgan fingerprint density at radius 1 is 1.53 bits per heavy atom. The molecule has 1 amide bonds. The zero-order chi connectivity index (χ0) is 13.4. The van der Waals surface area contributed by atoms with Crippen LogP contribution in [0.3, 0.4) is 0 Å². The van der Waals surface area contributed by atoms with Crippen molar-refractivity contribution in [2.24, 2.45) is 5.73 Å². The summed E-state index contributed by atoms with van der Waals surface area (Å²) in [6.07, 6.45) is 1.24. The molecule has 1 saturated heterocycles. The molecule has 3 heterocycles. The number of fused-ring (bicyclic) bond motifs is 1. The first-order valence-corrected chi connectivity index (χ1v) is 5.94. The summed E-state index contributed by atoms with van der Waals surface area (Å²) in [5.41, 5.74) is 5.90. The molecule has 100 valence electrons. The number of pyridine rings is 1. The second kappa shape index (κ2) is 4.47. The van der Waals surface area contributed by atoms with E-state index in [9.17, 15) is 9.18 Å². The molecule has 1 aliphatic rings. The number of primary amides is 1. The lowest BCUT2D eigenvalue weighted by atomic mass is 10.2. The van der Waals surface area contributed by atoms with Crippen LogP contribution in [0.25, 0.3) is 5.65 Å². The van der Waals surface area contributed by atoms with Gasteiger partial charge in [-0.15, -0.1) is 5.10 Å². The highest BCUT2D eigenvalue weighted by molar-refractivity contribution is 5.83. The Labute approximate surface area is 108 Å². The maximum absolute atomic E-state index is 13.1. The van der Waals surface area contributed by atoms with E-state index >= 15 is 0 Å². The van der Waals surface area contributed by atoms with E-state index in [4.69, 9.17) is 5.73 Å². The van der Waals surface area contributed by atoms with E-state index in [1.54, 1.807) is 4.90 Å².